The van der Waals surface area contributed by atoms with Gasteiger partial charge in [-0.15, -0.1) is 0 Å². The summed E-state index contributed by atoms with van der Waals surface area (Å²) in [6.07, 6.45) is 4.38. The number of carbonyl (C=O) groups is 1. The minimum Gasteiger partial charge on any atom is -0.497 e. The lowest BCUT2D eigenvalue weighted by Crippen LogP contribution is -2.48. The maximum absolute atomic E-state index is 12.8. The first-order valence-electron chi connectivity index (χ1n) is 8.41. The van der Waals surface area contributed by atoms with Crippen molar-refractivity contribution in [3.63, 3.8) is 0 Å². The average molecular weight is 425 g/mol. The van der Waals surface area contributed by atoms with Crippen molar-refractivity contribution in [2.45, 2.75) is 4.90 Å². The summed E-state index contributed by atoms with van der Waals surface area (Å²) in [5.41, 5.74) is 1.52. The summed E-state index contributed by atoms with van der Waals surface area (Å²) in [6, 6.07) is 6.35. The van der Waals surface area contributed by atoms with Crippen molar-refractivity contribution in [3.05, 3.63) is 41.4 Å². The van der Waals surface area contributed by atoms with Crippen LogP contribution in [-0.4, -0.2) is 62.1 Å². The number of methoxy groups -OCH3 is 1. The number of piperazine rings is 1. The van der Waals surface area contributed by atoms with E-state index in [2.05, 4.69) is 4.98 Å². The highest BCUT2D eigenvalue weighted by molar-refractivity contribution is 7.89. The van der Waals surface area contributed by atoms with Crippen LogP contribution in [0.25, 0.3) is 6.08 Å². The van der Waals surface area contributed by atoms with Crippen LogP contribution in [-0.2, 0) is 14.8 Å². The van der Waals surface area contributed by atoms with E-state index >= 15 is 0 Å². The summed E-state index contributed by atoms with van der Waals surface area (Å²) >= 11 is 1.39. The number of thiazole rings is 1. The number of sulfonamides is 1. The summed E-state index contributed by atoms with van der Waals surface area (Å²) in [7, 11) is -2.02. The van der Waals surface area contributed by atoms with Gasteiger partial charge in [0.2, 0.25) is 10.0 Å². The molecule has 1 amide bonds. The molecule has 0 saturated carbocycles. The van der Waals surface area contributed by atoms with E-state index in [1.807, 2.05) is 4.90 Å². The molecule has 2 heterocycles. The third-order valence-corrected chi connectivity index (χ3v) is 7.16. The number of ether oxygens (including phenoxy) is 1. The molecule has 0 spiro atoms. The zero-order valence-corrected chi connectivity index (χ0v) is 16.7. The van der Waals surface area contributed by atoms with Crippen molar-refractivity contribution in [1.82, 2.24) is 14.8 Å². The van der Waals surface area contributed by atoms with Gasteiger partial charge in [0.15, 0.2) is 5.13 Å². The van der Waals surface area contributed by atoms with Crippen LogP contribution in [0, 0.1) is 0 Å². The molecule has 0 aliphatic carbocycles. The van der Waals surface area contributed by atoms with Crippen molar-refractivity contribution in [2.75, 3.05) is 38.2 Å². The fourth-order valence-electron chi connectivity index (χ4n) is 2.71. The van der Waals surface area contributed by atoms with Crippen LogP contribution in [0.2, 0.25) is 0 Å². The monoisotopic (exact) mass is 424 g/mol. The van der Waals surface area contributed by atoms with E-state index in [1.54, 1.807) is 36.5 Å². The molecule has 11 heteroatoms. The molecule has 2 aromatic rings. The molecule has 1 aromatic heterocycles. The second-order valence-corrected chi connectivity index (χ2v) is 8.90. The van der Waals surface area contributed by atoms with Crippen LogP contribution in [0.5, 0.6) is 5.75 Å². The van der Waals surface area contributed by atoms with Gasteiger partial charge in [0.25, 0.3) is 5.91 Å². The lowest BCUT2D eigenvalue weighted by molar-refractivity contribution is -0.124. The molecule has 0 unspecified atom stereocenters. The van der Waals surface area contributed by atoms with Crippen molar-refractivity contribution in [1.29, 1.82) is 0 Å². The van der Waals surface area contributed by atoms with Gasteiger partial charge in [-0.25, -0.2) is 18.9 Å². The Labute approximate surface area is 166 Å². The Kier molecular flexibility index (Phi) is 6.29. The minimum absolute atomic E-state index is 0.241. The SMILES string of the molecule is COc1ccc(S(=O)(=O)N2CCN(c3ncc(/C=C/C(=O)NO)s3)CC2)cc1. The molecule has 0 bridgehead atoms. The summed E-state index contributed by atoms with van der Waals surface area (Å²) in [6.45, 7) is 1.74. The Morgan fingerprint density at radius 3 is 2.54 bits per heavy atom. The Hall–Kier alpha value is -2.47. The van der Waals surface area contributed by atoms with Gasteiger partial charge in [-0.3, -0.25) is 10.0 Å². The molecule has 0 radical (unpaired) electrons. The number of hydrogen-bond acceptors (Lipinski definition) is 8. The van der Waals surface area contributed by atoms with Gasteiger partial charge in [-0.1, -0.05) is 11.3 Å². The van der Waals surface area contributed by atoms with Crippen LogP contribution in [0.3, 0.4) is 0 Å². The molecule has 150 valence electrons. The van der Waals surface area contributed by atoms with Crippen LogP contribution in [0.4, 0.5) is 5.13 Å². The lowest BCUT2D eigenvalue weighted by atomic mass is 10.3. The highest BCUT2D eigenvalue weighted by Gasteiger charge is 2.29. The molecule has 1 fully saturated rings. The topological polar surface area (TPSA) is 112 Å². The van der Waals surface area contributed by atoms with Crippen LogP contribution in [0.1, 0.15) is 4.88 Å². The van der Waals surface area contributed by atoms with Gasteiger partial charge >= 0.3 is 0 Å². The highest BCUT2D eigenvalue weighted by atomic mass is 32.2. The molecular formula is C17H20N4O5S2. The molecule has 0 atom stereocenters. The predicted octanol–water partition coefficient (Wildman–Crippen LogP) is 1.18. The zero-order valence-electron chi connectivity index (χ0n) is 15.1. The van der Waals surface area contributed by atoms with E-state index in [9.17, 15) is 13.2 Å². The fourth-order valence-corrected chi connectivity index (χ4v) is 5.00. The van der Waals surface area contributed by atoms with Crippen molar-refractivity contribution in [3.8, 4) is 5.75 Å². The summed E-state index contributed by atoms with van der Waals surface area (Å²) in [5.74, 6) is -0.0128. The fraction of sp³-hybridized carbons (Fsp3) is 0.294. The summed E-state index contributed by atoms with van der Waals surface area (Å²) in [4.78, 5) is 18.4. The van der Waals surface area contributed by atoms with E-state index in [4.69, 9.17) is 9.94 Å². The number of benzene rings is 1. The number of rotatable bonds is 6. The average Bonchev–Trinajstić information content (AvgIpc) is 3.21. The van der Waals surface area contributed by atoms with Gasteiger partial charge in [-0.2, -0.15) is 4.31 Å². The molecule has 9 nitrogen and oxygen atoms in total. The number of nitrogens with zero attached hydrogens (tertiary/aromatic N) is 3. The van der Waals surface area contributed by atoms with E-state index in [0.29, 0.717) is 31.9 Å². The number of amides is 1. The Morgan fingerprint density at radius 2 is 1.93 bits per heavy atom. The summed E-state index contributed by atoms with van der Waals surface area (Å²) in [5, 5.41) is 9.24. The summed E-state index contributed by atoms with van der Waals surface area (Å²) < 4.78 is 32.1. The number of nitrogens with one attached hydrogen (secondary N) is 1. The van der Waals surface area contributed by atoms with Crippen molar-refractivity contribution in [2.24, 2.45) is 0 Å². The van der Waals surface area contributed by atoms with Crippen LogP contribution >= 0.6 is 11.3 Å². The van der Waals surface area contributed by atoms with Crippen LogP contribution < -0.4 is 15.1 Å². The van der Waals surface area contributed by atoms with Gasteiger partial charge in [-0.05, 0) is 30.3 Å². The first-order chi connectivity index (χ1) is 13.4. The third-order valence-electron chi connectivity index (χ3n) is 4.23. The van der Waals surface area contributed by atoms with Crippen molar-refractivity contribution < 1.29 is 23.2 Å². The maximum atomic E-state index is 12.8. The van der Waals surface area contributed by atoms with E-state index in [0.717, 1.165) is 10.0 Å². The third kappa shape index (κ3) is 4.50. The first-order valence-corrected chi connectivity index (χ1v) is 10.7. The minimum atomic E-state index is -3.55. The second kappa shape index (κ2) is 8.69. The normalized spacial score (nSPS) is 15.7. The molecular weight excluding hydrogens is 404 g/mol. The van der Waals surface area contributed by atoms with E-state index in [1.165, 1.54) is 34.3 Å². The van der Waals surface area contributed by atoms with Gasteiger partial charge < -0.3 is 9.64 Å². The van der Waals surface area contributed by atoms with Gasteiger partial charge in [0.1, 0.15) is 5.75 Å². The standard InChI is InChI=1S/C17H20N4O5S2/c1-26-13-2-5-15(6-3-13)28(24,25)21-10-8-20(9-11-21)17-18-12-14(27-17)4-7-16(22)19-23/h2-7,12,23H,8-11H2,1H3,(H,19,22)/b7-4+. The van der Waals surface area contributed by atoms with Gasteiger partial charge in [0.05, 0.1) is 12.0 Å². The van der Waals surface area contributed by atoms with E-state index < -0.39 is 15.9 Å². The molecule has 2 N–H and O–H groups in total. The Morgan fingerprint density at radius 1 is 1.25 bits per heavy atom. The quantitative estimate of drug-likeness (QED) is 0.407. The molecule has 1 saturated heterocycles. The molecule has 1 aromatic carbocycles. The Balaban J connectivity index is 1.63. The number of carbonyl (C=O) groups excluding carboxylic acids is 1. The van der Waals surface area contributed by atoms with Crippen LogP contribution in [0.15, 0.2) is 41.4 Å². The number of hydrogen-bond donors (Lipinski definition) is 2. The highest BCUT2D eigenvalue weighted by Crippen LogP contribution is 2.26. The number of anilines is 1. The number of hydroxylamine groups is 1. The van der Waals surface area contributed by atoms with Gasteiger partial charge in [0, 0.05) is 43.3 Å². The number of aromatic nitrogens is 1. The maximum Gasteiger partial charge on any atom is 0.267 e. The van der Waals surface area contributed by atoms with Crippen molar-refractivity contribution >= 4 is 38.5 Å². The Bertz CT molecular complexity index is 948. The zero-order chi connectivity index (χ0) is 20.1. The smallest absolute Gasteiger partial charge is 0.267 e. The lowest BCUT2D eigenvalue weighted by Gasteiger charge is -2.33. The second-order valence-electron chi connectivity index (χ2n) is 5.92. The molecule has 1 aliphatic rings. The first kappa shape index (κ1) is 20.3. The van der Waals surface area contributed by atoms with E-state index in [-0.39, 0.29) is 4.90 Å². The molecule has 3 rings (SSSR count). The predicted molar refractivity (Wildman–Crippen MR) is 105 cm³/mol. The molecule has 1 aliphatic heterocycles. The largest absolute Gasteiger partial charge is 0.497 e. The molecule has 28 heavy (non-hydrogen) atoms.